The molecule has 0 N–H and O–H groups in total. The first-order chi connectivity index (χ1) is 14.9. The molecule has 0 bridgehead atoms. The summed E-state index contributed by atoms with van der Waals surface area (Å²) in [6.07, 6.45) is 0.964. The molecule has 7 nitrogen and oxygen atoms in total. The largest absolute Gasteiger partial charge is 0.346 e. The highest BCUT2D eigenvalue weighted by molar-refractivity contribution is 5.92. The summed E-state index contributed by atoms with van der Waals surface area (Å²) in [5.41, 5.74) is 3.85. The monoisotopic (exact) mass is 422 g/mol. The number of hydrogen-bond donors (Lipinski definition) is 0. The van der Waals surface area contributed by atoms with Gasteiger partial charge in [0.05, 0.1) is 6.54 Å². The third kappa shape index (κ3) is 4.83. The van der Waals surface area contributed by atoms with Crippen LogP contribution in [0.4, 0.5) is 0 Å². The smallest absolute Gasteiger partial charge is 0.274 e. The van der Waals surface area contributed by atoms with E-state index >= 15 is 0 Å². The van der Waals surface area contributed by atoms with E-state index in [1.165, 1.54) is 10.9 Å². The number of hydrogen-bond acceptors (Lipinski definition) is 4. The number of nitrogens with zero attached hydrogens (tertiary/aromatic N) is 6. The van der Waals surface area contributed by atoms with Crippen LogP contribution >= 0.6 is 0 Å². The fourth-order valence-corrected chi connectivity index (χ4v) is 4.33. The molecule has 0 atom stereocenters. The third-order valence-electron chi connectivity index (χ3n) is 6.52. The van der Waals surface area contributed by atoms with Crippen LogP contribution in [0.25, 0.3) is 10.9 Å². The molecule has 31 heavy (non-hydrogen) atoms. The molecular formula is C24H34N6O. The Morgan fingerprint density at radius 3 is 2.48 bits per heavy atom. The van der Waals surface area contributed by atoms with Crippen molar-refractivity contribution in [2.24, 2.45) is 14.1 Å². The van der Waals surface area contributed by atoms with Crippen molar-refractivity contribution in [1.82, 2.24) is 29.0 Å². The maximum Gasteiger partial charge on any atom is 0.274 e. The maximum atomic E-state index is 13.4. The van der Waals surface area contributed by atoms with E-state index in [0.717, 1.165) is 57.1 Å². The van der Waals surface area contributed by atoms with Crippen LogP contribution in [0.5, 0.6) is 0 Å². The van der Waals surface area contributed by atoms with E-state index in [1.54, 1.807) is 4.68 Å². The van der Waals surface area contributed by atoms with Crippen molar-refractivity contribution in [1.29, 1.82) is 0 Å². The zero-order chi connectivity index (χ0) is 22.0. The van der Waals surface area contributed by atoms with E-state index in [4.69, 9.17) is 0 Å². The highest BCUT2D eigenvalue weighted by Gasteiger charge is 2.22. The minimum absolute atomic E-state index is 0.00679. The molecule has 1 saturated heterocycles. The van der Waals surface area contributed by atoms with Crippen LogP contribution < -0.4 is 0 Å². The molecule has 3 aromatic rings. The number of amides is 1. The van der Waals surface area contributed by atoms with Crippen LogP contribution in [-0.4, -0.2) is 81.3 Å². The van der Waals surface area contributed by atoms with Crippen LogP contribution in [0.15, 0.2) is 36.4 Å². The maximum absolute atomic E-state index is 13.4. The average molecular weight is 423 g/mol. The molecule has 166 valence electrons. The van der Waals surface area contributed by atoms with Gasteiger partial charge in [-0.25, -0.2) is 0 Å². The Labute approximate surface area is 184 Å². The molecule has 0 saturated carbocycles. The minimum Gasteiger partial charge on any atom is -0.346 e. The Balaban J connectivity index is 1.50. The highest BCUT2D eigenvalue weighted by Crippen LogP contribution is 2.20. The van der Waals surface area contributed by atoms with Crippen molar-refractivity contribution in [3.8, 4) is 0 Å². The topological polar surface area (TPSA) is 49.5 Å². The van der Waals surface area contributed by atoms with Crippen LogP contribution in [0.3, 0.4) is 0 Å². The lowest BCUT2D eigenvalue weighted by molar-refractivity contribution is 0.0719. The first-order valence-corrected chi connectivity index (χ1v) is 11.2. The molecule has 1 fully saturated rings. The SMILES string of the molecule is Cc1cc(C(=O)N(CCCN2CCN(C)CC2)Cc2cc3ccccc3n2C)nn1C. The number of piperazine rings is 1. The van der Waals surface area contributed by atoms with E-state index in [-0.39, 0.29) is 5.91 Å². The van der Waals surface area contributed by atoms with Gasteiger partial charge in [-0.2, -0.15) is 5.10 Å². The van der Waals surface area contributed by atoms with Gasteiger partial charge in [-0.15, -0.1) is 0 Å². The second-order valence-corrected chi connectivity index (χ2v) is 8.77. The molecule has 0 unspecified atom stereocenters. The van der Waals surface area contributed by atoms with Crippen LogP contribution in [0, 0.1) is 6.92 Å². The number of fused-ring (bicyclic) bond motifs is 1. The predicted molar refractivity (Wildman–Crippen MR) is 124 cm³/mol. The fourth-order valence-electron chi connectivity index (χ4n) is 4.33. The first kappa shape index (κ1) is 21.6. The highest BCUT2D eigenvalue weighted by atomic mass is 16.2. The van der Waals surface area contributed by atoms with Crippen molar-refractivity contribution < 1.29 is 4.79 Å². The Morgan fingerprint density at radius 1 is 1.06 bits per heavy atom. The van der Waals surface area contributed by atoms with E-state index < -0.39 is 0 Å². The summed E-state index contributed by atoms with van der Waals surface area (Å²) in [6.45, 7) is 8.75. The number of benzene rings is 1. The Bertz CT molecular complexity index is 1020. The number of aryl methyl sites for hydroxylation is 3. The van der Waals surface area contributed by atoms with Gasteiger partial charge in [-0.1, -0.05) is 18.2 Å². The van der Waals surface area contributed by atoms with Crippen molar-refractivity contribution in [2.75, 3.05) is 46.3 Å². The van der Waals surface area contributed by atoms with Crippen molar-refractivity contribution in [2.45, 2.75) is 19.9 Å². The van der Waals surface area contributed by atoms with E-state index in [9.17, 15) is 4.79 Å². The lowest BCUT2D eigenvalue weighted by Gasteiger charge is -2.33. The quantitative estimate of drug-likeness (QED) is 0.587. The van der Waals surface area contributed by atoms with Gasteiger partial charge in [-0.05, 0) is 50.5 Å². The molecular weight excluding hydrogens is 388 g/mol. The Hall–Kier alpha value is -2.64. The van der Waals surface area contributed by atoms with E-state index in [1.807, 2.05) is 24.9 Å². The summed E-state index contributed by atoms with van der Waals surface area (Å²) in [6, 6.07) is 12.4. The van der Waals surface area contributed by atoms with Gasteiger partial charge in [0.2, 0.25) is 0 Å². The molecule has 7 heteroatoms. The number of aromatic nitrogens is 3. The van der Waals surface area contributed by atoms with Gasteiger partial charge in [0.1, 0.15) is 0 Å². The summed E-state index contributed by atoms with van der Waals surface area (Å²) < 4.78 is 3.96. The third-order valence-corrected chi connectivity index (χ3v) is 6.52. The molecule has 1 amide bonds. The predicted octanol–water partition coefficient (Wildman–Crippen LogP) is 2.50. The molecule has 1 aromatic carbocycles. The minimum atomic E-state index is 0.00679. The van der Waals surface area contributed by atoms with E-state index in [0.29, 0.717) is 12.2 Å². The number of carbonyl (C=O) groups is 1. The molecule has 0 spiro atoms. The van der Waals surface area contributed by atoms with Gasteiger partial charge < -0.3 is 19.3 Å². The zero-order valence-corrected chi connectivity index (χ0v) is 19.2. The standard InChI is InChI=1S/C24H34N6O/c1-19-16-22(25-28(19)4)24(31)30(11-7-10-29-14-12-26(2)13-15-29)18-21-17-20-8-5-6-9-23(20)27(21)3/h5-6,8-9,16-17H,7,10-15,18H2,1-4H3. The Morgan fingerprint density at radius 2 is 1.81 bits per heavy atom. The first-order valence-electron chi connectivity index (χ1n) is 11.2. The van der Waals surface area contributed by atoms with Crippen LogP contribution in [-0.2, 0) is 20.6 Å². The molecule has 0 aliphatic carbocycles. The molecule has 1 aliphatic rings. The summed E-state index contributed by atoms with van der Waals surface area (Å²) in [5, 5.41) is 5.65. The van der Waals surface area contributed by atoms with Gasteiger partial charge in [0, 0.05) is 63.7 Å². The molecule has 2 aromatic heterocycles. The van der Waals surface area contributed by atoms with Crippen LogP contribution in [0.1, 0.15) is 28.3 Å². The number of rotatable bonds is 7. The second kappa shape index (κ2) is 9.24. The molecule has 3 heterocycles. The lowest BCUT2D eigenvalue weighted by Crippen LogP contribution is -2.45. The number of para-hydroxylation sites is 1. The number of likely N-dealkylation sites (N-methyl/N-ethyl adjacent to an activating group) is 1. The summed E-state index contributed by atoms with van der Waals surface area (Å²) in [7, 11) is 6.14. The molecule has 0 radical (unpaired) electrons. The van der Waals surface area contributed by atoms with Crippen LogP contribution in [0.2, 0.25) is 0 Å². The summed E-state index contributed by atoms with van der Waals surface area (Å²) in [5.74, 6) is 0.00679. The van der Waals surface area contributed by atoms with Crippen molar-refractivity contribution >= 4 is 16.8 Å². The van der Waals surface area contributed by atoms with E-state index in [2.05, 4.69) is 63.9 Å². The van der Waals surface area contributed by atoms with Gasteiger partial charge in [0.25, 0.3) is 5.91 Å². The molecule has 1 aliphatic heterocycles. The van der Waals surface area contributed by atoms with Gasteiger partial charge in [-0.3, -0.25) is 9.48 Å². The van der Waals surface area contributed by atoms with Gasteiger partial charge >= 0.3 is 0 Å². The van der Waals surface area contributed by atoms with Crippen molar-refractivity contribution in [3.63, 3.8) is 0 Å². The second-order valence-electron chi connectivity index (χ2n) is 8.77. The zero-order valence-electron chi connectivity index (χ0n) is 19.2. The fraction of sp³-hybridized carbons (Fsp3) is 0.500. The lowest BCUT2D eigenvalue weighted by atomic mass is 10.2. The number of carbonyl (C=O) groups excluding carboxylic acids is 1. The Kier molecular flexibility index (Phi) is 6.43. The molecule has 4 rings (SSSR count). The normalized spacial score (nSPS) is 15.6. The van der Waals surface area contributed by atoms with Crippen molar-refractivity contribution in [3.05, 3.63) is 53.5 Å². The summed E-state index contributed by atoms with van der Waals surface area (Å²) >= 11 is 0. The summed E-state index contributed by atoms with van der Waals surface area (Å²) in [4.78, 5) is 20.2. The van der Waals surface area contributed by atoms with Gasteiger partial charge in [0.15, 0.2) is 5.69 Å². The average Bonchev–Trinajstić information content (AvgIpc) is 3.27.